The van der Waals surface area contributed by atoms with Gasteiger partial charge in [-0.05, 0) is 38.3 Å². The zero-order valence-corrected chi connectivity index (χ0v) is 9.03. The molecular weight excluding hydrogens is 188 g/mol. The maximum absolute atomic E-state index is 11.8. The summed E-state index contributed by atoms with van der Waals surface area (Å²) >= 11 is 0. The van der Waals surface area contributed by atoms with Gasteiger partial charge in [-0.2, -0.15) is 0 Å². The molecule has 1 saturated carbocycles. The molecule has 1 unspecified atom stereocenters. The average molecular weight is 204 g/mol. The third-order valence-corrected chi connectivity index (χ3v) is 2.98. The summed E-state index contributed by atoms with van der Waals surface area (Å²) in [5.74, 6) is 1.02. The van der Waals surface area contributed by atoms with Crippen molar-refractivity contribution in [1.82, 2.24) is 0 Å². The maximum atomic E-state index is 11.8. The Hall–Kier alpha value is -1.31. The summed E-state index contributed by atoms with van der Waals surface area (Å²) in [6.07, 6.45) is 3.58. The summed E-state index contributed by atoms with van der Waals surface area (Å²) in [4.78, 5) is 11.8. The number of para-hydroxylation sites is 1. The van der Waals surface area contributed by atoms with Crippen LogP contribution >= 0.6 is 0 Å². The van der Waals surface area contributed by atoms with Crippen molar-refractivity contribution in [2.75, 3.05) is 0 Å². The molecule has 0 aromatic heterocycles. The van der Waals surface area contributed by atoms with E-state index in [1.165, 1.54) is 0 Å². The molecule has 1 aliphatic rings. The molecule has 0 bridgehead atoms. The van der Waals surface area contributed by atoms with Crippen molar-refractivity contribution in [2.24, 2.45) is 0 Å². The number of benzene rings is 1. The van der Waals surface area contributed by atoms with Crippen molar-refractivity contribution < 1.29 is 9.53 Å². The van der Waals surface area contributed by atoms with Gasteiger partial charge in [0.05, 0.1) is 0 Å². The number of ether oxygens (including phenoxy) is 1. The predicted molar refractivity (Wildman–Crippen MR) is 59.0 cm³/mol. The van der Waals surface area contributed by atoms with Gasteiger partial charge < -0.3 is 4.74 Å². The van der Waals surface area contributed by atoms with Gasteiger partial charge in [-0.15, -0.1) is 0 Å². The first-order valence-electron chi connectivity index (χ1n) is 5.48. The van der Waals surface area contributed by atoms with E-state index in [-0.39, 0.29) is 5.78 Å². The van der Waals surface area contributed by atoms with Gasteiger partial charge in [0.25, 0.3) is 0 Å². The molecular formula is C13H16O2. The molecule has 0 spiro atoms. The number of carbonyl (C=O) groups excluding carboxylic acids is 1. The van der Waals surface area contributed by atoms with Crippen LogP contribution in [0.25, 0.3) is 0 Å². The third kappa shape index (κ3) is 2.20. The minimum Gasteiger partial charge on any atom is -0.480 e. The highest BCUT2D eigenvalue weighted by Crippen LogP contribution is 2.29. The second kappa shape index (κ2) is 4.05. The smallest absolute Gasteiger partial charge is 0.176 e. The SMILES string of the molecule is CC1(Oc2ccccc2)CCCCC1=O. The molecule has 1 aliphatic carbocycles. The number of hydrogen-bond acceptors (Lipinski definition) is 2. The Morgan fingerprint density at radius 3 is 2.60 bits per heavy atom. The number of hydrogen-bond donors (Lipinski definition) is 0. The minimum atomic E-state index is -0.598. The molecule has 0 N–H and O–H groups in total. The normalized spacial score (nSPS) is 26.3. The van der Waals surface area contributed by atoms with Crippen molar-refractivity contribution >= 4 is 5.78 Å². The summed E-state index contributed by atoms with van der Waals surface area (Å²) < 4.78 is 5.81. The van der Waals surface area contributed by atoms with E-state index in [1.807, 2.05) is 37.3 Å². The molecule has 1 aromatic rings. The molecule has 2 nitrogen and oxygen atoms in total. The molecule has 0 heterocycles. The molecule has 1 fully saturated rings. The number of Topliss-reactive ketones (excluding diaryl/α,β-unsaturated/α-hetero) is 1. The van der Waals surface area contributed by atoms with Gasteiger partial charge in [-0.25, -0.2) is 0 Å². The van der Waals surface area contributed by atoms with Crippen LogP contribution in [0.5, 0.6) is 5.75 Å². The molecule has 0 aliphatic heterocycles. The lowest BCUT2D eigenvalue weighted by Gasteiger charge is -2.32. The Morgan fingerprint density at radius 2 is 1.93 bits per heavy atom. The fraction of sp³-hybridized carbons (Fsp3) is 0.462. The van der Waals surface area contributed by atoms with Crippen LogP contribution in [0.2, 0.25) is 0 Å². The molecule has 1 atom stereocenters. The predicted octanol–water partition coefficient (Wildman–Crippen LogP) is 2.97. The number of rotatable bonds is 2. The van der Waals surface area contributed by atoms with Crippen molar-refractivity contribution in [3.05, 3.63) is 30.3 Å². The van der Waals surface area contributed by atoms with Crippen LogP contribution in [0.1, 0.15) is 32.6 Å². The summed E-state index contributed by atoms with van der Waals surface area (Å²) in [7, 11) is 0. The summed E-state index contributed by atoms with van der Waals surface area (Å²) in [6, 6.07) is 9.58. The lowest BCUT2D eigenvalue weighted by atomic mass is 9.85. The third-order valence-electron chi connectivity index (χ3n) is 2.98. The van der Waals surface area contributed by atoms with E-state index < -0.39 is 5.60 Å². The van der Waals surface area contributed by atoms with E-state index >= 15 is 0 Å². The fourth-order valence-corrected chi connectivity index (χ4v) is 2.01. The van der Waals surface area contributed by atoms with E-state index in [2.05, 4.69) is 0 Å². The largest absolute Gasteiger partial charge is 0.480 e. The topological polar surface area (TPSA) is 26.3 Å². The van der Waals surface area contributed by atoms with Gasteiger partial charge in [-0.1, -0.05) is 18.2 Å². The van der Waals surface area contributed by atoms with Crippen LogP contribution in [0.15, 0.2) is 30.3 Å². The molecule has 15 heavy (non-hydrogen) atoms. The first kappa shape index (κ1) is 10.2. The van der Waals surface area contributed by atoms with Crippen LogP contribution in [-0.2, 0) is 4.79 Å². The zero-order valence-electron chi connectivity index (χ0n) is 9.03. The van der Waals surface area contributed by atoms with Gasteiger partial charge in [-0.3, -0.25) is 4.79 Å². The Bertz CT molecular complexity index is 345. The monoisotopic (exact) mass is 204 g/mol. The average Bonchev–Trinajstić information content (AvgIpc) is 2.24. The first-order chi connectivity index (χ1) is 7.21. The quantitative estimate of drug-likeness (QED) is 0.740. The zero-order chi connectivity index (χ0) is 10.7. The fourth-order valence-electron chi connectivity index (χ4n) is 2.01. The van der Waals surface area contributed by atoms with Crippen molar-refractivity contribution in [3.63, 3.8) is 0 Å². The second-order valence-electron chi connectivity index (χ2n) is 4.28. The van der Waals surface area contributed by atoms with Gasteiger partial charge >= 0.3 is 0 Å². The van der Waals surface area contributed by atoms with E-state index in [0.717, 1.165) is 25.0 Å². The van der Waals surface area contributed by atoms with Crippen LogP contribution in [0, 0.1) is 0 Å². The highest BCUT2D eigenvalue weighted by Gasteiger charge is 2.37. The molecule has 0 radical (unpaired) electrons. The van der Waals surface area contributed by atoms with Gasteiger partial charge in [0.1, 0.15) is 5.75 Å². The van der Waals surface area contributed by atoms with Gasteiger partial charge in [0, 0.05) is 6.42 Å². The lowest BCUT2D eigenvalue weighted by molar-refractivity contribution is -0.136. The molecule has 0 saturated heterocycles. The summed E-state index contributed by atoms with van der Waals surface area (Å²) in [6.45, 7) is 1.90. The van der Waals surface area contributed by atoms with Crippen molar-refractivity contribution in [1.29, 1.82) is 0 Å². The molecule has 1 aromatic carbocycles. The van der Waals surface area contributed by atoms with Crippen LogP contribution < -0.4 is 4.74 Å². The lowest BCUT2D eigenvalue weighted by Crippen LogP contribution is -2.43. The minimum absolute atomic E-state index is 0.234. The Morgan fingerprint density at radius 1 is 1.20 bits per heavy atom. The standard InChI is InChI=1S/C13H16O2/c1-13(10-6-5-9-12(13)14)15-11-7-3-2-4-8-11/h2-4,7-8H,5-6,9-10H2,1H3. The highest BCUT2D eigenvalue weighted by atomic mass is 16.5. The van der Waals surface area contributed by atoms with Crippen molar-refractivity contribution in [2.45, 2.75) is 38.2 Å². The van der Waals surface area contributed by atoms with E-state index in [1.54, 1.807) is 0 Å². The number of ketones is 1. The van der Waals surface area contributed by atoms with Crippen LogP contribution in [0.3, 0.4) is 0 Å². The Balaban J connectivity index is 2.13. The van der Waals surface area contributed by atoms with Crippen molar-refractivity contribution in [3.8, 4) is 5.75 Å². The van der Waals surface area contributed by atoms with Gasteiger partial charge in [0.15, 0.2) is 11.4 Å². The second-order valence-corrected chi connectivity index (χ2v) is 4.28. The highest BCUT2D eigenvalue weighted by molar-refractivity contribution is 5.87. The van der Waals surface area contributed by atoms with E-state index in [0.29, 0.717) is 6.42 Å². The Labute approximate surface area is 90.3 Å². The van der Waals surface area contributed by atoms with E-state index in [9.17, 15) is 4.79 Å². The molecule has 0 amide bonds. The molecule has 2 heteroatoms. The maximum Gasteiger partial charge on any atom is 0.176 e. The van der Waals surface area contributed by atoms with E-state index in [4.69, 9.17) is 4.74 Å². The molecule has 80 valence electrons. The summed E-state index contributed by atoms with van der Waals surface area (Å²) in [5, 5.41) is 0. The molecule has 2 rings (SSSR count). The Kier molecular flexibility index (Phi) is 2.76. The van der Waals surface area contributed by atoms with Gasteiger partial charge in [0.2, 0.25) is 0 Å². The van der Waals surface area contributed by atoms with Crippen LogP contribution in [0.4, 0.5) is 0 Å². The summed E-state index contributed by atoms with van der Waals surface area (Å²) in [5.41, 5.74) is -0.598. The first-order valence-corrected chi connectivity index (χ1v) is 5.48. The van der Waals surface area contributed by atoms with Crippen LogP contribution in [-0.4, -0.2) is 11.4 Å². The number of carbonyl (C=O) groups is 1.